The molecule has 0 spiro atoms. The number of hydrogen-bond acceptors (Lipinski definition) is 2. The first-order valence-electron chi connectivity index (χ1n) is 9.00. The second-order valence-corrected chi connectivity index (χ2v) is 8.66. The first-order chi connectivity index (χ1) is 11.6. The third-order valence-corrected chi connectivity index (χ3v) is 6.68. The molecule has 4 aliphatic carbocycles. The van der Waals surface area contributed by atoms with Crippen molar-refractivity contribution in [2.75, 3.05) is 6.54 Å². The van der Waals surface area contributed by atoms with Crippen LogP contribution < -0.4 is 5.32 Å². The number of hydrogen-bond donors (Lipinski definition) is 1. The van der Waals surface area contributed by atoms with Crippen molar-refractivity contribution in [3.05, 3.63) is 34.3 Å². The SMILES string of the molecule is N#CCc1ccc(Cl)c(C(=O)NCC23CC4CC(CC(C4)C2)C3)c1. The Labute approximate surface area is 148 Å². The molecule has 4 saturated carbocycles. The molecular weight excluding hydrogens is 320 g/mol. The van der Waals surface area contributed by atoms with Crippen LogP contribution in [0.25, 0.3) is 0 Å². The second-order valence-electron chi connectivity index (χ2n) is 8.25. The van der Waals surface area contributed by atoms with Gasteiger partial charge in [-0.1, -0.05) is 17.7 Å². The van der Waals surface area contributed by atoms with Gasteiger partial charge in [0.1, 0.15) is 0 Å². The maximum atomic E-state index is 12.6. The number of carbonyl (C=O) groups excluding carboxylic acids is 1. The molecule has 0 heterocycles. The molecule has 3 nitrogen and oxygen atoms in total. The first-order valence-corrected chi connectivity index (χ1v) is 9.38. The predicted molar refractivity (Wildman–Crippen MR) is 93.7 cm³/mol. The van der Waals surface area contributed by atoms with Gasteiger partial charge in [0.2, 0.25) is 0 Å². The number of nitriles is 1. The van der Waals surface area contributed by atoms with Gasteiger partial charge in [0, 0.05) is 6.54 Å². The van der Waals surface area contributed by atoms with E-state index >= 15 is 0 Å². The monoisotopic (exact) mass is 342 g/mol. The molecule has 0 atom stereocenters. The number of halogens is 1. The Morgan fingerprint density at radius 1 is 1.21 bits per heavy atom. The molecule has 4 fully saturated rings. The van der Waals surface area contributed by atoms with Crippen LogP contribution in [0.15, 0.2) is 18.2 Å². The second kappa shape index (κ2) is 6.08. The lowest BCUT2D eigenvalue weighted by Crippen LogP contribution is -2.51. The molecule has 5 rings (SSSR count). The van der Waals surface area contributed by atoms with Crippen LogP contribution in [0, 0.1) is 34.5 Å². The van der Waals surface area contributed by atoms with Crippen LogP contribution >= 0.6 is 11.6 Å². The molecule has 1 amide bonds. The average molecular weight is 343 g/mol. The van der Waals surface area contributed by atoms with E-state index in [1.807, 2.05) is 0 Å². The third kappa shape index (κ3) is 2.93. The lowest BCUT2D eigenvalue weighted by atomic mass is 9.49. The van der Waals surface area contributed by atoms with Gasteiger partial charge in [0.15, 0.2) is 0 Å². The molecule has 1 aromatic carbocycles. The standard InChI is InChI=1S/C20H23ClN2O/c21-18-2-1-13(3-4-22)8-17(18)19(24)23-12-20-9-14-5-15(10-20)7-16(6-14)11-20/h1-2,8,14-16H,3,5-7,9-12H2,(H,23,24). The highest BCUT2D eigenvalue weighted by atomic mass is 35.5. The topological polar surface area (TPSA) is 52.9 Å². The van der Waals surface area contributed by atoms with Gasteiger partial charge >= 0.3 is 0 Å². The molecule has 0 saturated heterocycles. The Morgan fingerprint density at radius 3 is 2.42 bits per heavy atom. The van der Waals surface area contributed by atoms with Crippen molar-refractivity contribution in [3.63, 3.8) is 0 Å². The Kier molecular flexibility index (Phi) is 4.04. The summed E-state index contributed by atoms with van der Waals surface area (Å²) in [6, 6.07) is 7.39. The van der Waals surface area contributed by atoms with Gasteiger partial charge in [0.25, 0.3) is 5.91 Å². The summed E-state index contributed by atoms with van der Waals surface area (Å²) >= 11 is 6.20. The zero-order valence-corrected chi connectivity index (χ0v) is 14.6. The van der Waals surface area contributed by atoms with Crippen LogP contribution in [0.4, 0.5) is 0 Å². The first kappa shape index (κ1) is 16.0. The van der Waals surface area contributed by atoms with Crippen molar-refractivity contribution < 1.29 is 4.79 Å². The van der Waals surface area contributed by atoms with Crippen molar-refractivity contribution in [1.29, 1.82) is 5.26 Å². The molecule has 4 heteroatoms. The van der Waals surface area contributed by atoms with E-state index < -0.39 is 0 Å². The van der Waals surface area contributed by atoms with Crippen LogP contribution in [0.3, 0.4) is 0 Å². The van der Waals surface area contributed by atoms with Crippen LogP contribution in [0.2, 0.25) is 5.02 Å². The minimum atomic E-state index is -0.101. The Bertz CT molecular complexity index is 671. The largest absolute Gasteiger partial charge is 0.351 e. The maximum absolute atomic E-state index is 12.6. The maximum Gasteiger partial charge on any atom is 0.252 e. The van der Waals surface area contributed by atoms with Crippen molar-refractivity contribution in [3.8, 4) is 6.07 Å². The van der Waals surface area contributed by atoms with E-state index in [-0.39, 0.29) is 5.91 Å². The molecule has 1 N–H and O–H groups in total. The van der Waals surface area contributed by atoms with Crippen molar-refractivity contribution in [2.45, 2.75) is 44.9 Å². The predicted octanol–water partition coefficient (Wildman–Crippen LogP) is 4.35. The van der Waals surface area contributed by atoms with Gasteiger partial charge in [-0.15, -0.1) is 0 Å². The summed E-state index contributed by atoms with van der Waals surface area (Å²) < 4.78 is 0. The van der Waals surface area contributed by atoms with Gasteiger partial charge in [-0.2, -0.15) is 5.26 Å². The molecule has 4 bridgehead atoms. The summed E-state index contributed by atoms with van der Waals surface area (Å²) in [5, 5.41) is 12.5. The highest BCUT2D eigenvalue weighted by Crippen LogP contribution is 2.59. The fourth-order valence-electron chi connectivity index (χ4n) is 5.82. The van der Waals surface area contributed by atoms with Crippen LogP contribution in [0.1, 0.15) is 54.4 Å². The quantitative estimate of drug-likeness (QED) is 0.884. The lowest BCUT2D eigenvalue weighted by molar-refractivity contribution is -0.0503. The van der Waals surface area contributed by atoms with Crippen LogP contribution in [-0.2, 0) is 6.42 Å². The molecular formula is C20H23ClN2O. The fourth-order valence-corrected chi connectivity index (χ4v) is 6.02. The summed E-state index contributed by atoms with van der Waals surface area (Å²) in [6.45, 7) is 0.772. The zero-order valence-electron chi connectivity index (χ0n) is 13.9. The molecule has 24 heavy (non-hydrogen) atoms. The van der Waals surface area contributed by atoms with Crippen molar-refractivity contribution >= 4 is 17.5 Å². The number of nitrogens with one attached hydrogen (secondary N) is 1. The van der Waals surface area contributed by atoms with Crippen molar-refractivity contribution in [1.82, 2.24) is 5.32 Å². The van der Waals surface area contributed by atoms with Gasteiger partial charge in [-0.05, 0) is 79.4 Å². The Balaban J connectivity index is 1.46. The normalized spacial score (nSPS) is 33.2. The number of rotatable bonds is 4. The number of carbonyl (C=O) groups is 1. The van der Waals surface area contributed by atoms with E-state index in [1.54, 1.807) is 18.2 Å². The van der Waals surface area contributed by atoms with Gasteiger partial charge in [-0.3, -0.25) is 4.79 Å². The van der Waals surface area contributed by atoms with Gasteiger partial charge < -0.3 is 5.32 Å². The van der Waals surface area contributed by atoms with Crippen LogP contribution in [-0.4, -0.2) is 12.5 Å². The van der Waals surface area contributed by atoms with E-state index in [9.17, 15) is 4.79 Å². The molecule has 0 radical (unpaired) electrons. The molecule has 0 unspecified atom stereocenters. The van der Waals surface area contributed by atoms with E-state index in [0.29, 0.717) is 22.4 Å². The number of benzene rings is 1. The highest BCUT2D eigenvalue weighted by molar-refractivity contribution is 6.33. The minimum Gasteiger partial charge on any atom is -0.351 e. The fraction of sp³-hybridized carbons (Fsp3) is 0.600. The third-order valence-electron chi connectivity index (χ3n) is 6.35. The summed E-state index contributed by atoms with van der Waals surface area (Å²) in [5.41, 5.74) is 1.65. The summed E-state index contributed by atoms with van der Waals surface area (Å²) in [5.74, 6) is 2.55. The number of nitrogens with zero attached hydrogens (tertiary/aromatic N) is 1. The molecule has 0 aliphatic heterocycles. The molecule has 1 aromatic rings. The van der Waals surface area contributed by atoms with E-state index in [2.05, 4.69) is 11.4 Å². The van der Waals surface area contributed by atoms with Gasteiger partial charge in [0.05, 0.1) is 23.1 Å². The molecule has 126 valence electrons. The molecule has 4 aliphatic rings. The zero-order chi connectivity index (χ0) is 16.7. The Morgan fingerprint density at radius 2 is 1.83 bits per heavy atom. The summed E-state index contributed by atoms with van der Waals surface area (Å²) in [4.78, 5) is 12.6. The average Bonchev–Trinajstić information content (AvgIpc) is 2.53. The summed E-state index contributed by atoms with van der Waals surface area (Å²) in [7, 11) is 0. The number of amides is 1. The van der Waals surface area contributed by atoms with E-state index in [4.69, 9.17) is 16.9 Å². The Hall–Kier alpha value is -1.53. The minimum absolute atomic E-state index is 0.101. The van der Waals surface area contributed by atoms with Gasteiger partial charge in [-0.25, -0.2) is 0 Å². The van der Waals surface area contributed by atoms with Crippen LogP contribution in [0.5, 0.6) is 0 Å². The summed E-state index contributed by atoms with van der Waals surface area (Å²) in [6.07, 6.45) is 8.37. The van der Waals surface area contributed by atoms with E-state index in [1.165, 1.54) is 38.5 Å². The smallest absolute Gasteiger partial charge is 0.252 e. The molecule has 0 aromatic heterocycles. The highest BCUT2D eigenvalue weighted by Gasteiger charge is 2.50. The van der Waals surface area contributed by atoms with Crippen molar-refractivity contribution in [2.24, 2.45) is 23.2 Å². The van der Waals surface area contributed by atoms with E-state index in [0.717, 1.165) is 29.9 Å². The lowest BCUT2D eigenvalue weighted by Gasteiger charge is -2.56.